The van der Waals surface area contributed by atoms with Crippen molar-refractivity contribution in [3.05, 3.63) is 22.2 Å². The van der Waals surface area contributed by atoms with Gasteiger partial charge in [0, 0.05) is 16.9 Å². The maximum Gasteiger partial charge on any atom is 0.226 e. The van der Waals surface area contributed by atoms with Crippen LogP contribution in [0.15, 0.2) is 16.6 Å². The minimum atomic E-state index is 0.0613. The summed E-state index contributed by atoms with van der Waals surface area (Å²) in [5.41, 5.74) is 3.02. The third kappa shape index (κ3) is 2.15. The van der Waals surface area contributed by atoms with E-state index in [1.165, 1.54) is 0 Å². The molecule has 1 atom stereocenters. The predicted octanol–water partition coefficient (Wildman–Crippen LogP) is 2.90. The van der Waals surface area contributed by atoms with Gasteiger partial charge in [0.15, 0.2) is 0 Å². The quantitative estimate of drug-likeness (QED) is 0.760. The van der Waals surface area contributed by atoms with Crippen LogP contribution in [0.3, 0.4) is 0 Å². The highest BCUT2D eigenvalue weighted by Crippen LogP contribution is 2.32. The van der Waals surface area contributed by atoms with Crippen LogP contribution < -0.4 is 10.6 Å². The fourth-order valence-electron chi connectivity index (χ4n) is 1.81. The second-order valence-electron chi connectivity index (χ2n) is 3.94. The van der Waals surface area contributed by atoms with Crippen LogP contribution in [0, 0.1) is 6.92 Å². The number of halogens is 1. The molecule has 0 bridgehead atoms. The van der Waals surface area contributed by atoms with Gasteiger partial charge in [0.1, 0.15) is 0 Å². The molecule has 0 fully saturated rings. The zero-order valence-corrected chi connectivity index (χ0v) is 10.3. The molecule has 1 aromatic carbocycles. The molecule has 2 N–H and O–H groups in total. The van der Waals surface area contributed by atoms with Crippen LogP contribution in [0.2, 0.25) is 0 Å². The standard InChI is InChI=1S/C11H13BrN2O/c1-6-3-8(12)5-9-11(6)13-7(2)4-10(15)14-9/h3,5,7,13H,4H2,1-2H3,(H,14,15). The van der Waals surface area contributed by atoms with Crippen LogP contribution in [-0.4, -0.2) is 11.9 Å². The number of amides is 1. The lowest BCUT2D eigenvalue weighted by Crippen LogP contribution is -2.19. The molecule has 1 aliphatic rings. The van der Waals surface area contributed by atoms with Crippen molar-refractivity contribution in [1.82, 2.24) is 0 Å². The zero-order valence-electron chi connectivity index (χ0n) is 8.73. The van der Waals surface area contributed by atoms with Gasteiger partial charge < -0.3 is 10.6 Å². The van der Waals surface area contributed by atoms with Gasteiger partial charge in [0.25, 0.3) is 0 Å². The van der Waals surface area contributed by atoms with Gasteiger partial charge in [0.2, 0.25) is 5.91 Å². The molecule has 1 amide bonds. The number of benzene rings is 1. The number of nitrogens with one attached hydrogen (secondary N) is 2. The van der Waals surface area contributed by atoms with Crippen LogP contribution in [-0.2, 0) is 4.79 Å². The summed E-state index contributed by atoms with van der Waals surface area (Å²) in [5.74, 6) is 0.0613. The highest BCUT2D eigenvalue weighted by atomic mass is 79.9. The van der Waals surface area contributed by atoms with Crippen molar-refractivity contribution in [1.29, 1.82) is 0 Å². The Bertz CT molecular complexity index is 417. The number of rotatable bonds is 0. The Labute approximate surface area is 97.4 Å². The van der Waals surface area contributed by atoms with Gasteiger partial charge in [-0.25, -0.2) is 0 Å². The van der Waals surface area contributed by atoms with Crippen LogP contribution in [0.5, 0.6) is 0 Å². The van der Waals surface area contributed by atoms with Crippen molar-refractivity contribution >= 4 is 33.2 Å². The average molecular weight is 269 g/mol. The monoisotopic (exact) mass is 268 g/mol. The summed E-state index contributed by atoms with van der Waals surface area (Å²) < 4.78 is 0.982. The molecular formula is C11H13BrN2O. The third-order valence-corrected chi connectivity index (χ3v) is 2.91. The number of hydrogen-bond acceptors (Lipinski definition) is 2. The van der Waals surface area contributed by atoms with Gasteiger partial charge in [-0.1, -0.05) is 15.9 Å². The topological polar surface area (TPSA) is 41.1 Å². The van der Waals surface area contributed by atoms with E-state index in [2.05, 4.69) is 26.6 Å². The summed E-state index contributed by atoms with van der Waals surface area (Å²) in [6.45, 7) is 4.04. The van der Waals surface area contributed by atoms with Gasteiger partial charge in [-0.15, -0.1) is 0 Å². The van der Waals surface area contributed by atoms with E-state index in [1.54, 1.807) is 0 Å². The lowest BCUT2D eigenvalue weighted by atomic mass is 10.1. The van der Waals surface area contributed by atoms with Crippen LogP contribution in [0.4, 0.5) is 11.4 Å². The highest BCUT2D eigenvalue weighted by Gasteiger charge is 2.18. The SMILES string of the molecule is Cc1cc(Br)cc2c1NC(C)CC(=O)N2. The summed E-state index contributed by atoms with van der Waals surface area (Å²) in [4.78, 5) is 11.5. The Hall–Kier alpha value is -1.03. The van der Waals surface area contributed by atoms with Gasteiger partial charge in [-0.2, -0.15) is 0 Å². The van der Waals surface area contributed by atoms with E-state index < -0.39 is 0 Å². The van der Waals surface area contributed by atoms with E-state index in [1.807, 2.05) is 26.0 Å². The molecule has 2 rings (SSSR count). The first-order valence-corrected chi connectivity index (χ1v) is 5.72. The molecule has 0 aliphatic carbocycles. The summed E-state index contributed by atoms with van der Waals surface area (Å²) >= 11 is 3.42. The van der Waals surface area contributed by atoms with Crippen molar-refractivity contribution in [2.24, 2.45) is 0 Å². The lowest BCUT2D eigenvalue weighted by Gasteiger charge is -2.14. The molecule has 0 saturated heterocycles. The number of anilines is 2. The molecule has 0 saturated carbocycles. The summed E-state index contributed by atoms with van der Waals surface area (Å²) in [7, 11) is 0. The number of hydrogen-bond donors (Lipinski definition) is 2. The van der Waals surface area contributed by atoms with Crippen LogP contribution in [0.25, 0.3) is 0 Å². The molecule has 3 nitrogen and oxygen atoms in total. The normalized spacial score (nSPS) is 19.9. The maximum atomic E-state index is 11.5. The van der Waals surface area contributed by atoms with Crippen molar-refractivity contribution in [2.75, 3.05) is 10.6 Å². The molecule has 1 aromatic rings. The van der Waals surface area contributed by atoms with E-state index >= 15 is 0 Å². The van der Waals surface area contributed by atoms with E-state index in [0.29, 0.717) is 6.42 Å². The molecule has 1 aliphatic heterocycles. The zero-order chi connectivity index (χ0) is 11.0. The predicted molar refractivity (Wildman–Crippen MR) is 65.2 cm³/mol. The van der Waals surface area contributed by atoms with Crippen LogP contribution in [0.1, 0.15) is 18.9 Å². The number of aryl methyl sites for hydroxylation is 1. The maximum absolute atomic E-state index is 11.5. The molecule has 0 aromatic heterocycles. The van der Waals surface area contributed by atoms with Crippen molar-refractivity contribution in [3.63, 3.8) is 0 Å². The van der Waals surface area contributed by atoms with Crippen molar-refractivity contribution < 1.29 is 4.79 Å². The molecule has 0 radical (unpaired) electrons. The molecule has 1 unspecified atom stereocenters. The lowest BCUT2D eigenvalue weighted by molar-refractivity contribution is -0.116. The first-order chi connectivity index (χ1) is 7.06. The number of carbonyl (C=O) groups excluding carboxylic acids is 1. The second-order valence-corrected chi connectivity index (χ2v) is 4.86. The molecule has 0 spiro atoms. The first-order valence-electron chi connectivity index (χ1n) is 4.93. The molecule has 80 valence electrons. The van der Waals surface area contributed by atoms with Gasteiger partial charge in [-0.05, 0) is 31.5 Å². The first kappa shape index (κ1) is 10.5. The molecular weight excluding hydrogens is 256 g/mol. The fourth-order valence-corrected chi connectivity index (χ4v) is 2.38. The third-order valence-electron chi connectivity index (χ3n) is 2.46. The van der Waals surface area contributed by atoms with Gasteiger partial charge >= 0.3 is 0 Å². The molecule has 15 heavy (non-hydrogen) atoms. The smallest absolute Gasteiger partial charge is 0.226 e. The Morgan fingerprint density at radius 1 is 1.47 bits per heavy atom. The van der Waals surface area contributed by atoms with Gasteiger partial charge in [0.05, 0.1) is 11.4 Å². The molecule has 4 heteroatoms. The highest BCUT2D eigenvalue weighted by molar-refractivity contribution is 9.10. The van der Waals surface area contributed by atoms with Gasteiger partial charge in [-0.3, -0.25) is 4.79 Å². The number of fused-ring (bicyclic) bond motifs is 1. The summed E-state index contributed by atoms with van der Waals surface area (Å²) in [5, 5.41) is 6.25. The minimum Gasteiger partial charge on any atom is -0.380 e. The van der Waals surface area contributed by atoms with Crippen molar-refractivity contribution in [3.8, 4) is 0 Å². The Kier molecular flexibility index (Phi) is 2.69. The van der Waals surface area contributed by atoms with E-state index in [-0.39, 0.29) is 11.9 Å². The largest absolute Gasteiger partial charge is 0.380 e. The summed E-state index contributed by atoms with van der Waals surface area (Å²) in [6, 6.07) is 4.13. The van der Waals surface area contributed by atoms with Crippen LogP contribution >= 0.6 is 15.9 Å². The summed E-state index contributed by atoms with van der Waals surface area (Å²) in [6.07, 6.45) is 0.506. The Balaban J connectivity index is 2.50. The molecule has 1 heterocycles. The van der Waals surface area contributed by atoms with E-state index in [9.17, 15) is 4.79 Å². The second kappa shape index (κ2) is 3.85. The number of carbonyl (C=O) groups is 1. The average Bonchev–Trinajstić information content (AvgIpc) is 2.22. The minimum absolute atomic E-state index is 0.0613. The Morgan fingerprint density at radius 2 is 2.20 bits per heavy atom. The van der Waals surface area contributed by atoms with E-state index in [4.69, 9.17) is 0 Å². The Morgan fingerprint density at radius 3 is 2.93 bits per heavy atom. The van der Waals surface area contributed by atoms with Crippen molar-refractivity contribution in [2.45, 2.75) is 26.3 Å². The van der Waals surface area contributed by atoms with E-state index in [0.717, 1.165) is 21.4 Å². The fraction of sp³-hybridized carbons (Fsp3) is 0.364.